The van der Waals surface area contributed by atoms with Crippen molar-refractivity contribution in [2.24, 2.45) is 0 Å². The fraction of sp³-hybridized carbons (Fsp3) is 0.292. The first-order chi connectivity index (χ1) is 15.6. The zero-order valence-electron chi connectivity index (χ0n) is 17.6. The Morgan fingerprint density at radius 3 is 2.59 bits per heavy atom. The van der Waals surface area contributed by atoms with Crippen LogP contribution in [0, 0.1) is 0 Å². The number of carbonyl (C=O) groups is 2. The number of fused-ring (bicyclic) bond motifs is 1. The number of para-hydroxylation sites is 1. The van der Waals surface area contributed by atoms with E-state index in [4.69, 9.17) is 16.3 Å². The molecule has 4 rings (SSSR count). The van der Waals surface area contributed by atoms with Crippen LogP contribution in [0.5, 0.6) is 5.75 Å². The summed E-state index contributed by atoms with van der Waals surface area (Å²) >= 11 is 6.20. The summed E-state index contributed by atoms with van der Waals surface area (Å²) in [6.45, 7) is 1.75. The molecule has 32 heavy (non-hydrogen) atoms. The van der Waals surface area contributed by atoms with Crippen LogP contribution < -0.4 is 15.4 Å². The second-order valence-electron chi connectivity index (χ2n) is 7.77. The molecule has 0 radical (unpaired) electrons. The normalized spacial score (nSPS) is 14.8. The molecule has 0 atom stereocenters. The number of amides is 2. The zero-order chi connectivity index (χ0) is 22.3. The van der Waals surface area contributed by atoms with Crippen molar-refractivity contribution >= 4 is 40.0 Å². The standard InChI is InChI=1S/C24H25ClN4O3/c25-20-8-9-21(24-19(20)7-4-12-26-24)32-16-23(31)28-18-10-13-29(14-11-18)15-22(30)27-17-5-2-1-3-6-17/h1-9,12,18H,10-11,13-16H2,(H,27,30)(H,28,31). The van der Waals surface area contributed by atoms with Crippen LogP contribution in [0.3, 0.4) is 0 Å². The van der Waals surface area contributed by atoms with E-state index in [1.807, 2.05) is 42.5 Å². The van der Waals surface area contributed by atoms with Crippen LogP contribution in [0.25, 0.3) is 10.9 Å². The average molecular weight is 453 g/mol. The van der Waals surface area contributed by atoms with E-state index in [2.05, 4.69) is 20.5 Å². The van der Waals surface area contributed by atoms with E-state index in [1.54, 1.807) is 18.3 Å². The third kappa shape index (κ3) is 5.75. The maximum atomic E-state index is 12.4. The number of hydrogen-bond acceptors (Lipinski definition) is 5. The summed E-state index contributed by atoms with van der Waals surface area (Å²) in [6.07, 6.45) is 3.24. The number of carbonyl (C=O) groups excluding carboxylic acids is 2. The van der Waals surface area contributed by atoms with Gasteiger partial charge in [0.2, 0.25) is 5.91 Å². The van der Waals surface area contributed by atoms with Gasteiger partial charge < -0.3 is 15.4 Å². The topological polar surface area (TPSA) is 83.6 Å². The van der Waals surface area contributed by atoms with E-state index >= 15 is 0 Å². The van der Waals surface area contributed by atoms with Crippen LogP contribution >= 0.6 is 11.6 Å². The molecule has 0 bridgehead atoms. The summed E-state index contributed by atoms with van der Waals surface area (Å²) in [7, 11) is 0. The summed E-state index contributed by atoms with van der Waals surface area (Å²) in [5, 5.41) is 7.30. The van der Waals surface area contributed by atoms with E-state index in [-0.39, 0.29) is 24.5 Å². The van der Waals surface area contributed by atoms with Crippen molar-refractivity contribution in [2.75, 3.05) is 31.6 Å². The van der Waals surface area contributed by atoms with E-state index in [0.29, 0.717) is 22.8 Å². The van der Waals surface area contributed by atoms with E-state index < -0.39 is 0 Å². The minimum atomic E-state index is -0.177. The van der Waals surface area contributed by atoms with Gasteiger partial charge in [-0.05, 0) is 49.2 Å². The smallest absolute Gasteiger partial charge is 0.258 e. The molecular formula is C24H25ClN4O3. The number of hydrogen-bond donors (Lipinski definition) is 2. The number of ether oxygens (including phenoxy) is 1. The molecule has 7 nitrogen and oxygen atoms in total. The minimum Gasteiger partial charge on any atom is -0.481 e. The van der Waals surface area contributed by atoms with Crippen molar-refractivity contribution in [3.8, 4) is 5.75 Å². The van der Waals surface area contributed by atoms with Crippen molar-refractivity contribution in [3.63, 3.8) is 0 Å². The Morgan fingerprint density at radius 2 is 1.81 bits per heavy atom. The van der Waals surface area contributed by atoms with Crippen LogP contribution in [0.4, 0.5) is 5.69 Å². The van der Waals surface area contributed by atoms with E-state index in [1.165, 1.54) is 0 Å². The molecule has 1 aliphatic rings. The fourth-order valence-electron chi connectivity index (χ4n) is 3.80. The van der Waals surface area contributed by atoms with Crippen LogP contribution in [0.1, 0.15) is 12.8 Å². The van der Waals surface area contributed by atoms with Gasteiger partial charge in [0, 0.05) is 36.4 Å². The highest BCUT2D eigenvalue weighted by Gasteiger charge is 2.22. The summed E-state index contributed by atoms with van der Waals surface area (Å²) in [5.74, 6) is 0.319. The Morgan fingerprint density at radius 1 is 1.03 bits per heavy atom. The number of aromatic nitrogens is 1. The Labute approximate surface area is 191 Å². The molecule has 3 aromatic rings. The number of piperidine rings is 1. The molecule has 1 aliphatic heterocycles. The van der Waals surface area contributed by atoms with Crippen LogP contribution in [-0.2, 0) is 9.59 Å². The number of anilines is 1. The highest BCUT2D eigenvalue weighted by atomic mass is 35.5. The number of likely N-dealkylation sites (tertiary alicyclic amines) is 1. The van der Waals surface area contributed by atoms with Crippen molar-refractivity contribution < 1.29 is 14.3 Å². The molecule has 166 valence electrons. The lowest BCUT2D eigenvalue weighted by Gasteiger charge is -2.31. The van der Waals surface area contributed by atoms with Gasteiger partial charge >= 0.3 is 0 Å². The number of rotatable bonds is 7. The summed E-state index contributed by atoms with van der Waals surface area (Å²) < 4.78 is 5.71. The molecule has 0 aliphatic carbocycles. The largest absolute Gasteiger partial charge is 0.481 e. The van der Waals surface area contributed by atoms with Crippen molar-refractivity contribution in [2.45, 2.75) is 18.9 Å². The molecule has 1 fully saturated rings. The molecular weight excluding hydrogens is 428 g/mol. The second kappa shape index (κ2) is 10.4. The molecule has 2 amide bonds. The Kier molecular flexibility index (Phi) is 7.19. The number of halogens is 1. The van der Waals surface area contributed by atoms with Gasteiger partial charge in [0.05, 0.1) is 11.6 Å². The lowest BCUT2D eigenvalue weighted by molar-refractivity contribution is -0.124. The molecule has 0 spiro atoms. The Hall–Kier alpha value is -3.16. The predicted octanol–water partition coefficient (Wildman–Crippen LogP) is 3.49. The number of nitrogens with zero attached hydrogens (tertiary/aromatic N) is 2. The molecule has 2 aromatic carbocycles. The molecule has 0 saturated carbocycles. The van der Waals surface area contributed by atoms with Crippen LogP contribution in [0.2, 0.25) is 5.02 Å². The third-order valence-corrected chi connectivity index (χ3v) is 5.75. The third-order valence-electron chi connectivity index (χ3n) is 5.42. The molecule has 2 N–H and O–H groups in total. The molecule has 1 aromatic heterocycles. The van der Waals surface area contributed by atoms with E-state index in [0.717, 1.165) is 37.0 Å². The quantitative estimate of drug-likeness (QED) is 0.573. The van der Waals surface area contributed by atoms with Crippen LogP contribution in [0.15, 0.2) is 60.8 Å². The van der Waals surface area contributed by atoms with Gasteiger partial charge in [0.15, 0.2) is 6.61 Å². The van der Waals surface area contributed by atoms with Gasteiger partial charge in [-0.2, -0.15) is 0 Å². The summed E-state index contributed by atoms with van der Waals surface area (Å²) in [4.78, 5) is 31.0. The maximum absolute atomic E-state index is 12.4. The SMILES string of the molecule is O=C(CN1CCC(NC(=O)COc2ccc(Cl)c3cccnc23)CC1)Nc1ccccc1. The minimum absolute atomic E-state index is 0.0316. The Bertz CT molecular complexity index is 1090. The van der Waals surface area contributed by atoms with E-state index in [9.17, 15) is 9.59 Å². The van der Waals surface area contributed by atoms with Gasteiger partial charge in [-0.25, -0.2) is 0 Å². The monoisotopic (exact) mass is 452 g/mol. The van der Waals surface area contributed by atoms with Crippen molar-refractivity contribution in [1.29, 1.82) is 0 Å². The summed E-state index contributed by atoms with van der Waals surface area (Å²) in [6, 6.07) is 16.6. The zero-order valence-corrected chi connectivity index (χ0v) is 18.3. The highest BCUT2D eigenvalue weighted by molar-refractivity contribution is 6.35. The average Bonchev–Trinajstić information content (AvgIpc) is 2.81. The predicted molar refractivity (Wildman–Crippen MR) is 125 cm³/mol. The molecule has 1 saturated heterocycles. The molecule has 8 heteroatoms. The lowest BCUT2D eigenvalue weighted by Crippen LogP contribution is -2.47. The number of pyridine rings is 1. The first-order valence-corrected chi connectivity index (χ1v) is 11.0. The Balaban J connectivity index is 1.20. The number of nitrogens with one attached hydrogen (secondary N) is 2. The van der Waals surface area contributed by atoms with Crippen LogP contribution in [-0.4, -0.2) is 54.0 Å². The van der Waals surface area contributed by atoms with Gasteiger partial charge in [-0.3, -0.25) is 19.5 Å². The van der Waals surface area contributed by atoms with Gasteiger partial charge in [-0.1, -0.05) is 29.8 Å². The fourth-order valence-corrected chi connectivity index (χ4v) is 4.02. The maximum Gasteiger partial charge on any atom is 0.258 e. The first kappa shape index (κ1) is 22.0. The van der Waals surface area contributed by atoms with Gasteiger partial charge in [0.1, 0.15) is 11.3 Å². The van der Waals surface area contributed by atoms with Gasteiger partial charge in [-0.15, -0.1) is 0 Å². The molecule has 0 unspecified atom stereocenters. The lowest BCUT2D eigenvalue weighted by atomic mass is 10.1. The van der Waals surface area contributed by atoms with Crippen molar-refractivity contribution in [3.05, 3.63) is 65.8 Å². The second-order valence-corrected chi connectivity index (χ2v) is 8.17. The first-order valence-electron chi connectivity index (χ1n) is 10.6. The van der Waals surface area contributed by atoms with Crippen molar-refractivity contribution in [1.82, 2.24) is 15.2 Å². The number of benzene rings is 2. The highest BCUT2D eigenvalue weighted by Crippen LogP contribution is 2.29. The summed E-state index contributed by atoms with van der Waals surface area (Å²) in [5.41, 5.74) is 1.43. The van der Waals surface area contributed by atoms with Gasteiger partial charge in [0.25, 0.3) is 5.91 Å². The molecule has 2 heterocycles.